The smallest absolute Gasteiger partial charge is 0.243 e. The molecule has 1 aliphatic rings. The van der Waals surface area contributed by atoms with Gasteiger partial charge in [0.15, 0.2) is 0 Å². The van der Waals surface area contributed by atoms with Crippen LogP contribution in [0.3, 0.4) is 0 Å². The van der Waals surface area contributed by atoms with Gasteiger partial charge in [-0.3, -0.25) is 0 Å². The van der Waals surface area contributed by atoms with Crippen molar-refractivity contribution in [2.45, 2.75) is 37.5 Å². The largest absolute Gasteiger partial charge is 0.339 e. The van der Waals surface area contributed by atoms with Gasteiger partial charge in [-0.2, -0.15) is 9.29 Å². The van der Waals surface area contributed by atoms with E-state index < -0.39 is 10.0 Å². The molecule has 4 rings (SSSR count). The number of sulfonamides is 1. The van der Waals surface area contributed by atoms with Gasteiger partial charge in [-0.25, -0.2) is 8.42 Å². The first-order chi connectivity index (χ1) is 13.9. The van der Waals surface area contributed by atoms with Crippen LogP contribution in [-0.2, 0) is 10.0 Å². The summed E-state index contributed by atoms with van der Waals surface area (Å²) in [5, 5.41) is 4.53. The van der Waals surface area contributed by atoms with Crippen molar-refractivity contribution in [3.05, 3.63) is 64.5 Å². The third-order valence-electron chi connectivity index (χ3n) is 5.32. The van der Waals surface area contributed by atoms with E-state index >= 15 is 0 Å². The monoisotopic (exact) mass is 431 g/mol. The molecule has 2 heterocycles. The summed E-state index contributed by atoms with van der Waals surface area (Å²) in [6, 6.07) is 12.8. The van der Waals surface area contributed by atoms with E-state index in [0.29, 0.717) is 35.4 Å². The summed E-state index contributed by atoms with van der Waals surface area (Å²) in [7, 11) is -3.65. The number of rotatable bonds is 4. The van der Waals surface area contributed by atoms with Crippen molar-refractivity contribution in [1.82, 2.24) is 14.4 Å². The van der Waals surface area contributed by atoms with Gasteiger partial charge in [0.2, 0.25) is 21.7 Å². The van der Waals surface area contributed by atoms with Gasteiger partial charge < -0.3 is 4.52 Å². The zero-order valence-corrected chi connectivity index (χ0v) is 17.9. The summed E-state index contributed by atoms with van der Waals surface area (Å²) in [6.07, 6.45) is 1.53. The Labute approximate surface area is 175 Å². The van der Waals surface area contributed by atoms with E-state index in [9.17, 15) is 8.42 Å². The van der Waals surface area contributed by atoms with Gasteiger partial charge in [0, 0.05) is 23.7 Å². The third kappa shape index (κ3) is 3.95. The average Bonchev–Trinajstić information content (AvgIpc) is 3.21. The van der Waals surface area contributed by atoms with Gasteiger partial charge in [0.05, 0.1) is 10.8 Å². The molecule has 0 amide bonds. The molecule has 1 aliphatic heterocycles. The second-order valence-electron chi connectivity index (χ2n) is 7.39. The van der Waals surface area contributed by atoms with Gasteiger partial charge in [-0.15, -0.1) is 0 Å². The van der Waals surface area contributed by atoms with Crippen molar-refractivity contribution in [2.75, 3.05) is 13.1 Å². The van der Waals surface area contributed by atoms with E-state index in [2.05, 4.69) is 10.1 Å². The van der Waals surface area contributed by atoms with E-state index in [1.165, 1.54) is 4.31 Å². The maximum absolute atomic E-state index is 13.2. The van der Waals surface area contributed by atoms with Crippen LogP contribution in [-0.4, -0.2) is 36.0 Å². The van der Waals surface area contributed by atoms with E-state index in [1.807, 2.05) is 31.2 Å². The van der Waals surface area contributed by atoms with Gasteiger partial charge in [-0.05, 0) is 44.4 Å². The molecule has 1 saturated heterocycles. The summed E-state index contributed by atoms with van der Waals surface area (Å²) in [5.41, 5.74) is 2.60. The van der Waals surface area contributed by atoms with Gasteiger partial charge >= 0.3 is 0 Å². The Morgan fingerprint density at radius 2 is 1.90 bits per heavy atom. The van der Waals surface area contributed by atoms with E-state index in [-0.39, 0.29) is 10.8 Å². The minimum absolute atomic E-state index is 0.135. The molecule has 0 N–H and O–H groups in total. The number of aryl methyl sites for hydroxylation is 1. The summed E-state index contributed by atoms with van der Waals surface area (Å²) in [5.74, 6) is 0.860. The lowest BCUT2D eigenvalue weighted by molar-refractivity contribution is 0.265. The van der Waals surface area contributed by atoms with Crippen molar-refractivity contribution in [1.29, 1.82) is 0 Å². The number of nitrogens with zero attached hydrogens (tertiary/aromatic N) is 3. The van der Waals surface area contributed by atoms with Crippen LogP contribution >= 0.6 is 11.6 Å². The second-order valence-corrected chi connectivity index (χ2v) is 9.70. The van der Waals surface area contributed by atoms with E-state index in [1.54, 1.807) is 25.1 Å². The minimum Gasteiger partial charge on any atom is -0.339 e. The van der Waals surface area contributed by atoms with Crippen LogP contribution in [0.2, 0.25) is 5.02 Å². The van der Waals surface area contributed by atoms with Crippen molar-refractivity contribution < 1.29 is 12.9 Å². The van der Waals surface area contributed by atoms with Crippen LogP contribution < -0.4 is 0 Å². The highest BCUT2D eigenvalue weighted by molar-refractivity contribution is 7.89. The van der Waals surface area contributed by atoms with E-state index in [4.69, 9.17) is 16.1 Å². The molecule has 0 bridgehead atoms. The topological polar surface area (TPSA) is 76.3 Å². The Balaban J connectivity index is 1.57. The Kier molecular flexibility index (Phi) is 5.46. The van der Waals surface area contributed by atoms with Crippen LogP contribution in [0, 0.1) is 13.8 Å². The Morgan fingerprint density at radius 3 is 2.66 bits per heavy atom. The molecule has 152 valence electrons. The van der Waals surface area contributed by atoms with Gasteiger partial charge in [-0.1, -0.05) is 52.7 Å². The molecule has 8 heteroatoms. The molecule has 0 spiro atoms. The fourth-order valence-corrected chi connectivity index (χ4v) is 5.59. The van der Waals surface area contributed by atoms with Gasteiger partial charge in [0.25, 0.3) is 0 Å². The molecule has 0 aliphatic carbocycles. The molecule has 1 atom stereocenters. The number of hydrogen-bond acceptors (Lipinski definition) is 5. The van der Waals surface area contributed by atoms with Crippen molar-refractivity contribution >= 4 is 21.6 Å². The minimum atomic E-state index is -3.65. The fourth-order valence-electron chi connectivity index (χ4n) is 3.59. The molecule has 0 radical (unpaired) electrons. The third-order valence-corrected chi connectivity index (χ3v) is 7.74. The Hall–Kier alpha value is -2.22. The maximum atomic E-state index is 13.2. The van der Waals surface area contributed by atoms with Crippen LogP contribution in [0.4, 0.5) is 0 Å². The Morgan fingerprint density at radius 1 is 1.14 bits per heavy atom. The summed E-state index contributed by atoms with van der Waals surface area (Å²) < 4.78 is 33.4. The first kappa shape index (κ1) is 20.1. The quantitative estimate of drug-likeness (QED) is 0.604. The summed E-state index contributed by atoms with van der Waals surface area (Å²) in [4.78, 5) is 4.78. The maximum Gasteiger partial charge on any atom is 0.243 e. The lowest BCUT2D eigenvalue weighted by Gasteiger charge is -2.30. The number of aromatic nitrogens is 2. The predicted octanol–water partition coefficient (Wildman–Crippen LogP) is 4.58. The van der Waals surface area contributed by atoms with Crippen molar-refractivity contribution in [2.24, 2.45) is 0 Å². The highest BCUT2D eigenvalue weighted by atomic mass is 35.5. The van der Waals surface area contributed by atoms with Crippen molar-refractivity contribution in [3.8, 4) is 11.4 Å². The molecule has 0 saturated carbocycles. The molecule has 1 unspecified atom stereocenters. The average molecular weight is 432 g/mol. The number of piperidine rings is 1. The number of halogens is 1. The molecule has 6 nitrogen and oxygen atoms in total. The first-order valence-electron chi connectivity index (χ1n) is 9.52. The molecule has 3 aromatic rings. The summed E-state index contributed by atoms with van der Waals surface area (Å²) in [6.45, 7) is 4.51. The molecular formula is C21H22ClN3O3S. The van der Waals surface area contributed by atoms with Crippen LogP contribution in [0.25, 0.3) is 11.4 Å². The lowest BCUT2D eigenvalue weighted by atomic mass is 10.00. The van der Waals surface area contributed by atoms with Crippen LogP contribution in [0.5, 0.6) is 0 Å². The SMILES string of the molecule is Cc1ccc(-c2noc(C3CCCN(S(=O)(=O)c4cccc(Cl)c4C)C3)n2)cc1. The molecule has 2 aromatic carbocycles. The predicted molar refractivity (Wildman–Crippen MR) is 111 cm³/mol. The molecular weight excluding hydrogens is 410 g/mol. The van der Waals surface area contributed by atoms with Crippen LogP contribution in [0.1, 0.15) is 35.8 Å². The van der Waals surface area contributed by atoms with Gasteiger partial charge in [0.1, 0.15) is 0 Å². The zero-order chi connectivity index (χ0) is 20.6. The Bertz CT molecular complexity index is 1130. The molecule has 29 heavy (non-hydrogen) atoms. The zero-order valence-electron chi connectivity index (χ0n) is 16.3. The standard InChI is InChI=1S/C21H22ClN3O3S/c1-14-8-10-16(11-9-14)20-23-21(28-24-20)17-5-4-12-25(13-17)29(26,27)19-7-3-6-18(22)15(19)2/h3,6-11,17H,4-5,12-13H2,1-2H3. The first-order valence-corrected chi connectivity index (χ1v) is 11.3. The van der Waals surface area contributed by atoms with Crippen LogP contribution in [0.15, 0.2) is 51.9 Å². The second kappa shape index (κ2) is 7.89. The molecule has 1 fully saturated rings. The highest BCUT2D eigenvalue weighted by Gasteiger charge is 2.34. The molecule has 1 aromatic heterocycles. The van der Waals surface area contributed by atoms with E-state index in [0.717, 1.165) is 24.0 Å². The fraction of sp³-hybridized carbons (Fsp3) is 0.333. The normalized spacial score (nSPS) is 18.1. The lowest BCUT2D eigenvalue weighted by Crippen LogP contribution is -2.39. The highest BCUT2D eigenvalue weighted by Crippen LogP contribution is 2.32. The number of hydrogen-bond donors (Lipinski definition) is 0. The van der Waals surface area contributed by atoms with Crippen molar-refractivity contribution in [3.63, 3.8) is 0 Å². The number of benzene rings is 2. The summed E-state index contributed by atoms with van der Waals surface area (Å²) >= 11 is 6.14.